The van der Waals surface area contributed by atoms with Gasteiger partial charge in [-0.15, -0.1) is 0 Å². The molecular weight excluding hydrogens is 256 g/mol. The van der Waals surface area contributed by atoms with Crippen LogP contribution >= 0.6 is 0 Å². The molecule has 0 bridgehead atoms. The number of hydrogen-bond acceptors (Lipinski definition) is 3. The first kappa shape index (κ1) is 13.1. The van der Waals surface area contributed by atoms with Crippen LogP contribution in [0.2, 0.25) is 0 Å². The zero-order chi connectivity index (χ0) is 14.3. The molecule has 2 N–H and O–H groups in total. The molecule has 1 unspecified atom stereocenters. The maximum absolute atomic E-state index is 12.4. The highest BCUT2D eigenvalue weighted by Crippen LogP contribution is 2.42. The Hall–Kier alpha value is -1.88. The number of urea groups is 1. The number of nitrogens with one attached hydrogen (secondary N) is 1. The van der Waals surface area contributed by atoms with E-state index in [1.54, 1.807) is 12.1 Å². The third-order valence-corrected chi connectivity index (χ3v) is 4.24. The summed E-state index contributed by atoms with van der Waals surface area (Å²) < 4.78 is 0. The molecule has 20 heavy (non-hydrogen) atoms. The maximum Gasteiger partial charge on any atom is 0.325 e. The zero-order valence-corrected chi connectivity index (χ0v) is 11.4. The third kappa shape index (κ3) is 2.08. The second-order valence-corrected chi connectivity index (χ2v) is 5.77. The molecule has 0 aromatic heterocycles. The molecule has 1 heterocycles. The van der Waals surface area contributed by atoms with Crippen LogP contribution in [0.5, 0.6) is 0 Å². The Morgan fingerprint density at radius 1 is 1.25 bits per heavy atom. The molecule has 1 saturated heterocycles. The summed E-state index contributed by atoms with van der Waals surface area (Å²) in [7, 11) is 0. The van der Waals surface area contributed by atoms with Gasteiger partial charge in [-0.05, 0) is 36.8 Å². The summed E-state index contributed by atoms with van der Waals surface area (Å²) in [6, 6.07) is 6.95. The van der Waals surface area contributed by atoms with Gasteiger partial charge in [-0.3, -0.25) is 9.69 Å². The van der Waals surface area contributed by atoms with Crippen molar-refractivity contribution in [2.24, 2.45) is 5.92 Å². The van der Waals surface area contributed by atoms with Crippen LogP contribution in [0.25, 0.3) is 0 Å². The number of imide groups is 1. The monoisotopic (exact) mass is 274 g/mol. The lowest BCUT2D eigenvalue weighted by molar-refractivity contribution is -0.131. The fourth-order valence-electron chi connectivity index (χ4n) is 2.73. The summed E-state index contributed by atoms with van der Waals surface area (Å²) in [4.78, 5) is 25.7. The largest absolute Gasteiger partial charge is 0.392 e. The number of rotatable bonds is 4. The minimum atomic E-state index is -0.720. The predicted molar refractivity (Wildman–Crippen MR) is 72.6 cm³/mol. The van der Waals surface area contributed by atoms with Crippen LogP contribution in [0, 0.1) is 5.92 Å². The van der Waals surface area contributed by atoms with Crippen molar-refractivity contribution >= 4 is 11.9 Å². The lowest BCUT2D eigenvalue weighted by Crippen LogP contribution is -2.46. The Kier molecular flexibility index (Phi) is 3.01. The normalized spacial score (nSPS) is 26.0. The number of aliphatic hydroxyl groups is 1. The molecule has 106 valence electrons. The van der Waals surface area contributed by atoms with Gasteiger partial charge in [-0.2, -0.15) is 0 Å². The Balaban J connectivity index is 1.76. The minimum Gasteiger partial charge on any atom is -0.392 e. The molecule has 5 heteroatoms. The fourth-order valence-corrected chi connectivity index (χ4v) is 2.73. The SMILES string of the molecule is CC1(C2CC2)NC(=O)N(Cc2ccc(CO)cc2)C1=O. The number of benzene rings is 1. The molecule has 5 nitrogen and oxygen atoms in total. The first-order chi connectivity index (χ1) is 9.54. The van der Waals surface area contributed by atoms with Gasteiger partial charge in [0.05, 0.1) is 13.2 Å². The van der Waals surface area contributed by atoms with Gasteiger partial charge >= 0.3 is 6.03 Å². The van der Waals surface area contributed by atoms with Crippen LogP contribution in [-0.4, -0.2) is 27.5 Å². The van der Waals surface area contributed by atoms with Crippen molar-refractivity contribution in [1.82, 2.24) is 10.2 Å². The molecule has 1 aromatic rings. The Labute approximate surface area is 117 Å². The summed E-state index contributed by atoms with van der Waals surface area (Å²) in [6.07, 6.45) is 2.00. The summed E-state index contributed by atoms with van der Waals surface area (Å²) in [6.45, 7) is 2.08. The number of aliphatic hydroxyl groups excluding tert-OH is 1. The first-order valence-corrected chi connectivity index (χ1v) is 6.87. The second kappa shape index (κ2) is 4.59. The van der Waals surface area contributed by atoms with Crippen LogP contribution in [0.4, 0.5) is 4.79 Å². The van der Waals surface area contributed by atoms with Crippen LogP contribution in [0.3, 0.4) is 0 Å². The van der Waals surface area contributed by atoms with Crippen LogP contribution in [0.1, 0.15) is 30.9 Å². The van der Waals surface area contributed by atoms with Gasteiger partial charge in [0.1, 0.15) is 5.54 Å². The van der Waals surface area contributed by atoms with E-state index in [1.165, 1.54) is 4.90 Å². The van der Waals surface area contributed by atoms with Crippen molar-refractivity contribution in [2.45, 2.75) is 38.5 Å². The molecule has 1 aliphatic heterocycles. The zero-order valence-electron chi connectivity index (χ0n) is 11.4. The number of hydrogen-bond donors (Lipinski definition) is 2. The van der Waals surface area contributed by atoms with Crippen molar-refractivity contribution in [1.29, 1.82) is 0 Å². The third-order valence-electron chi connectivity index (χ3n) is 4.24. The Morgan fingerprint density at radius 2 is 1.85 bits per heavy atom. The molecule has 0 radical (unpaired) electrons. The second-order valence-electron chi connectivity index (χ2n) is 5.77. The van der Waals surface area contributed by atoms with E-state index < -0.39 is 5.54 Å². The molecule has 1 aromatic carbocycles. The maximum atomic E-state index is 12.4. The molecule has 2 aliphatic rings. The van der Waals surface area contributed by atoms with Gasteiger partial charge in [-0.25, -0.2) is 4.79 Å². The van der Waals surface area contributed by atoms with E-state index in [-0.39, 0.29) is 31.0 Å². The molecule has 2 fully saturated rings. The van der Waals surface area contributed by atoms with Crippen molar-refractivity contribution in [3.05, 3.63) is 35.4 Å². The summed E-state index contributed by atoms with van der Waals surface area (Å²) in [5.41, 5.74) is 0.974. The number of amides is 3. The van der Waals surface area contributed by atoms with E-state index in [4.69, 9.17) is 5.11 Å². The molecule has 1 saturated carbocycles. The number of carbonyl (C=O) groups excluding carboxylic acids is 2. The van der Waals surface area contributed by atoms with Crippen molar-refractivity contribution in [2.75, 3.05) is 0 Å². The molecule has 0 spiro atoms. The highest BCUT2D eigenvalue weighted by molar-refractivity contribution is 6.07. The lowest BCUT2D eigenvalue weighted by Gasteiger charge is -2.21. The Morgan fingerprint density at radius 3 is 2.40 bits per heavy atom. The van der Waals surface area contributed by atoms with E-state index in [1.807, 2.05) is 19.1 Å². The topological polar surface area (TPSA) is 69.6 Å². The summed E-state index contributed by atoms with van der Waals surface area (Å²) >= 11 is 0. The van der Waals surface area contributed by atoms with Gasteiger partial charge in [-0.1, -0.05) is 24.3 Å². The average Bonchev–Trinajstić information content (AvgIpc) is 3.26. The van der Waals surface area contributed by atoms with Crippen molar-refractivity contribution in [3.8, 4) is 0 Å². The van der Waals surface area contributed by atoms with Crippen LogP contribution in [-0.2, 0) is 17.9 Å². The molecule has 3 amide bonds. The number of nitrogens with zero attached hydrogens (tertiary/aromatic N) is 1. The molecular formula is C15H18N2O3. The smallest absolute Gasteiger partial charge is 0.325 e. The van der Waals surface area contributed by atoms with Crippen molar-refractivity contribution < 1.29 is 14.7 Å². The average molecular weight is 274 g/mol. The fraction of sp³-hybridized carbons (Fsp3) is 0.467. The van der Waals surface area contributed by atoms with Gasteiger partial charge in [0.15, 0.2) is 0 Å². The highest BCUT2D eigenvalue weighted by Gasteiger charge is 2.55. The van der Waals surface area contributed by atoms with Gasteiger partial charge in [0.2, 0.25) is 0 Å². The molecule has 3 rings (SSSR count). The van der Waals surface area contributed by atoms with E-state index in [2.05, 4.69) is 5.32 Å². The van der Waals surface area contributed by atoms with Crippen molar-refractivity contribution in [3.63, 3.8) is 0 Å². The van der Waals surface area contributed by atoms with E-state index in [9.17, 15) is 9.59 Å². The van der Waals surface area contributed by atoms with Gasteiger partial charge in [0.25, 0.3) is 5.91 Å². The minimum absolute atomic E-state index is 0.0108. The van der Waals surface area contributed by atoms with Gasteiger partial charge < -0.3 is 10.4 Å². The van der Waals surface area contributed by atoms with E-state index >= 15 is 0 Å². The number of carbonyl (C=O) groups is 2. The predicted octanol–water partition coefficient (Wildman–Crippen LogP) is 1.40. The highest BCUT2D eigenvalue weighted by atomic mass is 16.3. The van der Waals surface area contributed by atoms with E-state index in [0.717, 1.165) is 24.0 Å². The van der Waals surface area contributed by atoms with Crippen LogP contribution < -0.4 is 5.32 Å². The lowest BCUT2D eigenvalue weighted by atomic mass is 9.96. The first-order valence-electron chi connectivity index (χ1n) is 6.87. The summed E-state index contributed by atoms with van der Waals surface area (Å²) in [5.74, 6) is 0.150. The standard InChI is InChI=1S/C15H18N2O3/c1-15(12-6-7-12)13(19)17(14(20)16-15)8-10-2-4-11(9-18)5-3-10/h2-5,12,18H,6-9H2,1H3,(H,16,20). The summed E-state index contributed by atoms with van der Waals surface area (Å²) in [5, 5.41) is 11.8. The van der Waals surface area contributed by atoms with E-state index in [0.29, 0.717) is 0 Å². The molecule has 1 atom stereocenters. The van der Waals surface area contributed by atoms with Gasteiger partial charge in [0, 0.05) is 0 Å². The quantitative estimate of drug-likeness (QED) is 0.815. The Bertz CT molecular complexity index is 551. The molecule has 1 aliphatic carbocycles. The van der Waals surface area contributed by atoms with Crippen LogP contribution in [0.15, 0.2) is 24.3 Å².